The van der Waals surface area contributed by atoms with Crippen molar-refractivity contribution in [2.75, 3.05) is 188 Å². The van der Waals surface area contributed by atoms with E-state index >= 15 is 0 Å². The molecule has 0 aromatic carbocycles. The molecule has 6 fully saturated rings. The minimum atomic E-state index is -4.14. The standard InChI is InChI=1S/6C17H22N6O/c6*1-11-5-6-23(15(24)8-18-3)9-14(11)22(4)17-13-7-12(2)21-16(13)19-10-20-17/h6*7,10-11,14H,5-6,8-9H2,1-2,4H3,(H,19,20,21)/t6*11-,14+/m111111/s1/i1D3,5D2,6D2,7D,8D2,9D2,10D,11D,14D;5D2,6D2,7D,8D2,9D2,10D,11D,14D;4D3,5D2,6D2,7D,8D2,9D2,10D,11D;1D3,5D2,6D2,7D,8D2,9D2,10D,14D;1D3,4D3,5D2,6D2,7D,8D2,9D2,10D;4D3,5D2,6D2,7D,8D2,9D2,10D. The summed E-state index contributed by atoms with van der Waals surface area (Å²) >= 11 is 0. The van der Waals surface area contributed by atoms with Crippen LogP contribution in [-0.2, 0) is 28.8 Å². The summed E-state index contributed by atoms with van der Waals surface area (Å²) < 4.78 is 695. The van der Waals surface area contributed by atoms with Crippen LogP contribution in [0.15, 0.2) is 74.1 Å². The Hall–Kier alpha value is -15.7. The van der Waals surface area contributed by atoms with Gasteiger partial charge >= 0.3 is 35.4 Å². The zero-order valence-electron chi connectivity index (χ0n) is 160. The Balaban J connectivity index is 0.000000217. The fraction of sp³-hybridized carbons (Fsp3) is 0.529. The lowest BCUT2D eigenvalue weighted by Crippen LogP contribution is -2.53. The van der Waals surface area contributed by atoms with Crippen LogP contribution in [0.25, 0.3) is 95.3 Å². The van der Waals surface area contributed by atoms with Crippen molar-refractivity contribution in [2.24, 2.45) is 35.4 Å². The minimum Gasteiger partial charge on any atom is -0.354 e. The number of amides is 6. The zero-order valence-corrected chi connectivity index (χ0v) is 76.3. The first-order valence-corrected chi connectivity index (χ1v) is 40.5. The summed E-state index contributed by atoms with van der Waals surface area (Å²) in [7, 11) is 2.69. The Morgan fingerprint density at radius 1 is 0.326 bits per heavy atom. The molecule has 6 aliphatic rings. The fourth-order valence-corrected chi connectivity index (χ4v) is 13.0. The highest BCUT2D eigenvalue weighted by Crippen LogP contribution is 2.38. The number of carbonyl (C=O) groups is 6. The molecule has 12 aromatic rings. The lowest BCUT2D eigenvalue weighted by atomic mass is 9.92. The summed E-state index contributed by atoms with van der Waals surface area (Å²) in [5.41, 5.74) is 0.147. The summed E-state index contributed by atoms with van der Waals surface area (Å²) in [4.78, 5) is 153. The molecule has 0 saturated carbocycles. The Kier molecular flexibility index (Phi) is 13.7. The summed E-state index contributed by atoms with van der Waals surface area (Å²) in [6, 6.07) is -20.4. The van der Waals surface area contributed by atoms with Gasteiger partial charge in [0.2, 0.25) is 0 Å². The number of likely N-dealkylation sites (N-methyl/N-ethyl adjacent to an activating group) is 6. The molecule has 0 radical (unpaired) electrons. The SMILES string of the molecule is [2H]c1nc(N(C)[C@@]2([2H])C([2H])([2H])N(C(=O)C([2H])([2H])[N+]#[C-])C([2H])([2H])C([2H])([2H])[C@@]2([2H])C([2H])([2H])[2H])c2c([2H])c(C)[nH]c2n1.[2H]c1nc(N(C)[C@@]2([2H])C([2H])([2H])N(C(=O)C([2H])([2H])[N+]#[C-])C([2H])([2H])C([2H])([2H])[C@@]2([2H])C)c2c([2H])c(C)[nH]c2n1.[2H]c1nc(N(C)[C@]2([2H])[C@H](C([2H])([2H])[2H])C([2H])([2H])C([2H])([2H])N(C(=O)C([2H])([2H])[N+]#[C-])C2([2H])[2H])c2c([2H])c(C)[nH]c2n1.[2H]c1nc(N([C@@H]2[C@H](C([2H])([2H])[2H])C([2H])([2H])C([2H])([2H])N(C(=O)C([2H])([2H])[N+]#[C-])C2([2H])[2H])C([2H])([2H])[2H])c2c([2H])c(C)[nH]c2n1.[2H]c1nc(N([C@@H]2[C@H](C)C([2H])([2H])C([2H])([2H])N(C(=O)C([2H])([2H])[N+]#[C-])C2([2H])[2H])C([2H])([2H])[2H])c2c([2H])c(C)[nH]c2n1.[2H]c1nc(N([C@H]2C([2H])([2H])N(C(=O)C([2H])([2H])[N+]#[C-])C([2H])([2H])C([2H])([2H])[C@@]2([2H])C)C([2H])([2H])[2H])c2c([2H])c(C)[nH]c2n1. The third-order valence-corrected chi connectivity index (χ3v) is 19.6. The summed E-state index contributed by atoms with van der Waals surface area (Å²) in [6.45, 7) is -35.9. The van der Waals surface area contributed by atoms with E-state index in [4.69, 9.17) is 150 Å². The Bertz CT molecular complexity index is 11200. The number of aryl methyl sites for hydroxylation is 6. The third-order valence-electron chi connectivity index (χ3n) is 19.6. The first-order chi connectivity index (χ1) is 101. The number of rotatable bonds is 18. The van der Waals surface area contributed by atoms with Crippen LogP contribution in [0, 0.1) is 116 Å². The Morgan fingerprint density at radius 2 is 0.556 bits per heavy atom. The molecule has 0 spiro atoms. The number of nitrogens with one attached hydrogen (secondary N) is 6. The number of carbonyl (C=O) groups excluding carboxylic acids is 6. The first-order valence-electron chi connectivity index (χ1n) is 82.5. The predicted octanol–water partition coefficient (Wildman–Crippen LogP) is 11.2. The van der Waals surface area contributed by atoms with Gasteiger partial charge in [-0.15, -0.1) is 0 Å². The third kappa shape index (κ3) is 24.5. The Morgan fingerprint density at radius 3 is 0.847 bits per heavy atom. The smallest absolute Gasteiger partial charge is 0.302 e. The quantitative estimate of drug-likeness (QED) is 0.0435. The van der Waals surface area contributed by atoms with Gasteiger partial charge in [-0.25, -0.2) is 99.2 Å². The van der Waals surface area contributed by atoms with Gasteiger partial charge in [0.25, 0.3) is 39.0 Å². The van der Waals surface area contributed by atoms with Gasteiger partial charge < -0.3 is 118 Å². The van der Waals surface area contributed by atoms with Crippen LogP contribution in [0.4, 0.5) is 34.9 Å². The maximum absolute atomic E-state index is 13.1. The molecule has 42 heteroatoms. The van der Waals surface area contributed by atoms with Crippen LogP contribution >= 0.6 is 0 Å². The summed E-state index contributed by atoms with van der Waals surface area (Å²) in [5.74, 6) is -34.8. The molecule has 144 heavy (non-hydrogen) atoms. The number of nitrogens with zero attached hydrogens (tertiary/aromatic N) is 30. The van der Waals surface area contributed by atoms with E-state index in [-0.39, 0.29) is 135 Å². The van der Waals surface area contributed by atoms with Crippen LogP contribution in [0.1, 0.15) is 229 Å². The molecule has 756 valence electrons. The summed E-state index contributed by atoms with van der Waals surface area (Å²) in [6.07, 6.45) is -26.5. The number of anilines is 6. The second-order valence-corrected chi connectivity index (χ2v) is 29.4. The molecule has 12 atom stereocenters. The lowest BCUT2D eigenvalue weighted by Gasteiger charge is -2.41. The molecule has 0 aliphatic carbocycles. The van der Waals surface area contributed by atoms with E-state index in [2.05, 4.69) is 119 Å². The molecular formula is C102H132N36O6. The van der Waals surface area contributed by atoms with Crippen molar-refractivity contribution < 1.29 is 144 Å². The van der Waals surface area contributed by atoms with Crippen molar-refractivity contribution in [1.29, 1.82) is 0 Å². The van der Waals surface area contributed by atoms with E-state index in [9.17, 15) is 32.9 Å². The second kappa shape index (κ2) is 47.7. The normalized spacial score (nSPS) is 39.9. The molecule has 6 saturated heterocycles. The van der Waals surface area contributed by atoms with Crippen LogP contribution in [0.2, 0.25) is 0 Å². The van der Waals surface area contributed by atoms with Gasteiger partial charge in [-0.2, -0.15) is 0 Å². The molecule has 18 rings (SSSR count). The van der Waals surface area contributed by atoms with Crippen molar-refractivity contribution >= 4 is 137 Å². The number of fused-ring (bicyclic) bond motifs is 6. The van der Waals surface area contributed by atoms with Gasteiger partial charge in [0, 0.05) is 216 Å². The van der Waals surface area contributed by atoms with Crippen molar-refractivity contribution in [1.82, 2.24) is 119 Å². The van der Waals surface area contributed by atoms with E-state index in [1.165, 1.54) is 41.5 Å². The van der Waals surface area contributed by atoms with Crippen LogP contribution < -0.4 is 29.4 Å². The Labute approximate surface area is 957 Å². The predicted molar refractivity (Wildman–Crippen MR) is 556 cm³/mol. The second-order valence-electron chi connectivity index (χ2n) is 29.4. The van der Waals surface area contributed by atoms with Gasteiger partial charge in [-0.1, -0.05) is 41.3 Å². The van der Waals surface area contributed by atoms with Crippen LogP contribution in [0.5, 0.6) is 0 Å². The molecular weight excluding hydrogens is 1830 g/mol. The molecule has 6 N–H and O–H groups in total. The summed E-state index contributed by atoms with van der Waals surface area (Å²) in [5, 5.41) is -1.58. The van der Waals surface area contributed by atoms with E-state index in [0.29, 0.717) is 26.5 Å². The van der Waals surface area contributed by atoms with Gasteiger partial charge in [0.05, 0.1) is 97.3 Å². The van der Waals surface area contributed by atoms with Crippen molar-refractivity contribution in [3.05, 3.63) is 177 Å². The number of aromatic amines is 6. The molecule has 6 aliphatic heterocycles. The van der Waals surface area contributed by atoms with Crippen molar-refractivity contribution in [3.8, 4) is 0 Å². The average Bonchev–Trinajstić information content (AvgIpc) is 0.688. The largest absolute Gasteiger partial charge is 0.354 e. The number of hydrogen-bond acceptors (Lipinski definition) is 24. The molecule has 12 aromatic heterocycles. The minimum absolute atomic E-state index is 0.0157. The van der Waals surface area contributed by atoms with Gasteiger partial charge in [-0.05, 0) is 151 Å². The van der Waals surface area contributed by atoms with Crippen molar-refractivity contribution in [3.63, 3.8) is 0 Å². The molecule has 0 bridgehead atoms. The highest BCUT2D eigenvalue weighted by molar-refractivity contribution is 5.94. The average molecular weight is 2040 g/mol. The topological polar surface area (TPSA) is 417 Å². The van der Waals surface area contributed by atoms with Gasteiger partial charge in [0.15, 0.2) is 0 Å². The van der Waals surface area contributed by atoms with E-state index in [1.807, 2.05) is 0 Å². The monoisotopic (exact) mass is 2040 g/mol. The molecule has 18 heterocycles. The number of H-pyrrole nitrogens is 6. The van der Waals surface area contributed by atoms with Crippen LogP contribution in [0.3, 0.4) is 0 Å². The molecule has 6 amide bonds. The molecule has 42 nitrogen and oxygen atoms in total. The number of piperidine rings is 6. The fourth-order valence-electron chi connectivity index (χ4n) is 13.0. The highest BCUT2D eigenvalue weighted by atomic mass is 16.2. The number of aromatic nitrogens is 18. The lowest BCUT2D eigenvalue weighted by molar-refractivity contribution is -0.131. The van der Waals surface area contributed by atoms with E-state index in [0.717, 1.165) is 35.0 Å². The van der Waals surface area contributed by atoms with Crippen LogP contribution in [-0.4, -0.2) is 350 Å². The van der Waals surface area contributed by atoms with E-state index < -0.39 is 417 Å². The van der Waals surface area contributed by atoms with Gasteiger partial charge in [0.1, 0.15) is 131 Å². The number of hydrogen-bond donors (Lipinski definition) is 6. The van der Waals surface area contributed by atoms with Gasteiger partial charge in [-0.3, -0.25) is 28.8 Å². The molecule has 0 unspecified atom stereocenters. The zero-order chi connectivity index (χ0) is 178. The maximum atomic E-state index is 13.1. The highest BCUT2D eigenvalue weighted by Gasteiger charge is 2.41. The number of likely N-dealkylation sites (tertiary alicyclic amines) is 6. The van der Waals surface area contributed by atoms with E-state index in [1.54, 1.807) is 0 Å². The van der Waals surface area contributed by atoms with Crippen molar-refractivity contribution in [2.45, 2.75) is 157 Å². The maximum Gasteiger partial charge on any atom is 0.302 e. The first kappa shape index (κ1) is 41.3.